The summed E-state index contributed by atoms with van der Waals surface area (Å²) < 4.78 is 29.2. The highest BCUT2D eigenvalue weighted by molar-refractivity contribution is 7.88. The Hall–Kier alpha value is -3.10. The summed E-state index contributed by atoms with van der Waals surface area (Å²) in [6, 6.07) is 24.0. The van der Waals surface area contributed by atoms with Crippen molar-refractivity contribution in [2.24, 2.45) is 28.6 Å². The number of benzene rings is 3. The normalized spacial score (nSPS) is 33.7. The smallest absolute Gasteiger partial charge is 0.211 e. The molecule has 0 spiro atoms. The molecule has 3 aromatic rings. The van der Waals surface area contributed by atoms with Gasteiger partial charge < -0.3 is 10.2 Å². The molecule has 7 aliphatic carbocycles. The third kappa shape index (κ3) is 7.31. The first-order valence-electron chi connectivity index (χ1n) is 20.6. The third-order valence-corrected chi connectivity index (χ3v) is 16.0. The predicted octanol–water partition coefficient (Wildman–Crippen LogP) is 9.10. The molecule has 6 bridgehead atoms. The fraction of sp³-hybridized carbons (Fsp3) is 0.553. The topological polar surface area (TPSA) is 94.9 Å². The van der Waals surface area contributed by atoms with Crippen molar-refractivity contribution < 1.29 is 23.4 Å². The first-order valence-corrected chi connectivity index (χ1v) is 22.4. The molecular formula is C47H59NO5S. The van der Waals surface area contributed by atoms with Crippen molar-refractivity contribution >= 4 is 15.8 Å². The highest BCUT2D eigenvalue weighted by Gasteiger charge is 2.59. The van der Waals surface area contributed by atoms with E-state index in [2.05, 4.69) is 44.2 Å². The Morgan fingerprint density at radius 2 is 1.50 bits per heavy atom. The molecule has 5 saturated carbocycles. The molecule has 3 aromatic carbocycles. The number of hydrogen-bond donors (Lipinski definition) is 2. The van der Waals surface area contributed by atoms with Crippen molar-refractivity contribution in [2.75, 3.05) is 19.3 Å². The van der Waals surface area contributed by atoms with Gasteiger partial charge in [-0.05, 0) is 148 Å². The van der Waals surface area contributed by atoms with Gasteiger partial charge in [0.2, 0.25) is 10.0 Å². The molecule has 7 heteroatoms. The highest BCUT2D eigenvalue weighted by atomic mass is 32.2. The van der Waals surface area contributed by atoms with Gasteiger partial charge in [-0.15, -0.1) is 0 Å². The van der Waals surface area contributed by atoms with Gasteiger partial charge in [-0.1, -0.05) is 85.3 Å². The molecule has 54 heavy (non-hydrogen) atoms. The minimum atomic E-state index is -3.61. The van der Waals surface area contributed by atoms with Crippen LogP contribution in [-0.4, -0.2) is 59.8 Å². The Balaban J connectivity index is 1.16. The lowest BCUT2D eigenvalue weighted by atomic mass is 9.49. The quantitative estimate of drug-likeness (QED) is 0.177. The van der Waals surface area contributed by atoms with E-state index in [1.54, 1.807) is 4.31 Å². The lowest BCUT2D eigenvalue weighted by Gasteiger charge is -2.58. The van der Waals surface area contributed by atoms with E-state index >= 15 is 0 Å². The van der Waals surface area contributed by atoms with Crippen LogP contribution in [0.2, 0.25) is 0 Å². The third-order valence-electron chi connectivity index (χ3n) is 14.8. The van der Waals surface area contributed by atoms with Gasteiger partial charge in [0, 0.05) is 29.6 Å². The molecule has 4 atom stereocenters. The van der Waals surface area contributed by atoms with Crippen LogP contribution in [-0.2, 0) is 16.4 Å². The number of nitrogens with zero attached hydrogens (tertiary/aromatic N) is 1. The molecule has 0 aromatic heterocycles. The van der Waals surface area contributed by atoms with Gasteiger partial charge in [0.15, 0.2) is 5.78 Å². The van der Waals surface area contributed by atoms with Gasteiger partial charge in [0.25, 0.3) is 0 Å². The van der Waals surface area contributed by atoms with Crippen LogP contribution in [0, 0.1) is 28.6 Å². The van der Waals surface area contributed by atoms with E-state index in [-0.39, 0.29) is 23.7 Å². The maximum atomic E-state index is 14.7. The molecule has 0 heterocycles. The number of carbonyl (C=O) groups is 1. The summed E-state index contributed by atoms with van der Waals surface area (Å²) >= 11 is 0. The maximum absolute atomic E-state index is 14.7. The second-order valence-electron chi connectivity index (χ2n) is 18.7. The van der Waals surface area contributed by atoms with Crippen molar-refractivity contribution in [3.8, 4) is 11.1 Å². The van der Waals surface area contributed by atoms with E-state index in [0.717, 1.165) is 54.4 Å². The molecule has 288 valence electrons. The highest BCUT2D eigenvalue weighted by Crippen LogP contribution is 2.62. The van der Waals surface area contributed by atoms with Crippen LogP contribution >= 0.6 is 0 Å². The van der Waals surface area contributed by atoms with E-state index in [9.17, 15) is 23.4 Å². The van der Waals surface area contributed by atoms with Gasteiger partial charge in [0.05, 0.1) is 18.0 Å². The lowest BCUT2D eigenvalue weighted by Crippen LogP contribution is -2.57. The number of sulfonamides is 1. The van der Waals surface area contributed by atoms with Crippen LogP contribution in [0.1, 0.15) is 124 Å². The SMILES string of the molecule is CC1=CCC[C@@]2(C)[C@@H](CC[C@@]2(O)CN(CC23CC4CC(CC(C4)C2)C3)S(C)(=O)=O)c2ccc(cc2C(=O)c2ccc(-c3ccccc3)cc2)C[C@@H](O)CC1. The zero-order valence-electron chi connectivity index (χ0n) is 32.5. The molecule has 0 amide bonds. The summed E-state index contributed by atoms with van der Waals surface area (Å²) in [6.07, 6.45) is 14.6. The zero-order valence-corrected chi connectivity index (χ0v) is 33.3. The Bertz CT molecular complexity index is 1970. The van der Waals surface area contributed by atoms with Gasteiger partial charge in [-0.25, -0.2) is 8.42 Å². The molecule has 2 N–H and O–H groups in total. The number of allylic oxidation sites excluding steroid dienone is 2. The predicted molar refractivity (Wildman–Crippen MR) is 216 cm³/mol. The molecule has 0 aliphatic heterocycles. The van der Waals surface area contributed by atoms with Crippen molar-refractivity contribution in [2.45, 2.75) is 115 Å². The fourth-order valence-electron chi connectivity index (χ4n) is 12.2. The van der Waals surface area contributed by atoms with Crippen LogP contribution in [0.5, 0.6) is 0 Å². The van der Waals surface area contributed by atoms with Crippen molar-refractivity contribution in [3.05, 3.63) is 107 Å². The second-order valence-corrected chi connectivity index (χ2v) is 20.7. The second kappa shape index (κ2) is 14.4. The Morgan fingerprint density at radius 1 is 0.852 bits per heavy atom. The van der Waals surface area contributed by atoms with Crippen LogP contribution in [0.4, 0.5) is 0 Å². The summed E-state index contributed by atoms with van der Waals surface area (Å²) in [4.78, 5) is 14.7. The zero-order chi connectivity index (χ0) is 37.9. The van der Waals surface area contributed by atoms with Crippen LogP contribution in [0.15, 0.2) is 84.4 Å². The first kappa shape index (κ1) is 37.8. The van der Waals surface area contributed by atoms with E-state index in [1.165, 1.54) is 31.1 Å². The Morgan fingerprint density at radius 3 is 2.15 bits per heavy atom. The van der Waals surface area contributed by atoms with E-state index in [4.69, 9.17) is 0 Å². The molecule has 0 radical (unpaired) electrons. The first-order chi connectivity index (χ1) is 25.7. The van der Waals surface area contributed by atoms with Crippen LogP contribution in [0.3, 0.4) is 0 Å². The van der Waals surface area contributed by atoms with Crippen LogP contribution < -0.4 is 0 Å². The fourth-order valence-corrected chi connectivity index (χ4v) is 13.2. The van der Waals surface area contributed by atoms with Gasteiger partial charge >= 0.3 is 0 Å². The molecular weight excluding hydrogens is 691 g/mol. The molecule has 7 aliphatic rings. The minimum absolute atomic E-state index is 0.00620. The average molecular weight is 750 g/mol. The molecule has 0 unspecified atom stereocenters. The summed E-state index contributed by atoms with van der Waals surface area (Å²) in [5, 5.41) is 24.1. The van der Waals surface area contributed by atoms with E-state index in [0.29, 0.717) is 67.5 Å². The minimum Gasteiger partial charge on any atom is -0.393 e. The molecule has 5 fully saturated rings. The Labute approximate surface area is 323 Å². The number of aliphatic hydroxyl groups excluding tert-OH is 1. The number of hydrogen-bond acceptors (Lipinski definition) is 5. The maximum Gasteiger partial charge on any atom is 0.211 e. The monoisotopic (exact) mass is 749 g/mol. The average Bonchev–Trinajstić information content (AvgIpc) is 3.38. The van der Waals surface area contributed by atoms with Crippen LogP contribution in [0.25, 0.3) is 11.1 Å². The number of aliphatic hydroxyl groups is 2. The lowest BCUT2D eigenvalue weighted by molar-refractivity contribution is -0.0919. The molecule has 10 rings (SSSR count). The number of rotatable bonds is 8. The van der Waals surface area contributed by atoms with Crippen molar-refractivity contribution in [1.82, 2.24) is 4.31 Å². The Kier molecular flexibility index (Phi) is 10.1. The summed E-state index contributed by atoms with van der Waals surface area (Å²) in [5.41, 5.74) is 4.41. The summed E-state index contributed by atoms with van der Waals surface area (Å²) in [5.74, 6) is 1.89. The summed E-state index contributed by atoms with van der Waals surface area (Å²) in [7, 11) is -3.61. The molecule has 0 saturated heterocycles. The van der Waals surface area contributed by atoms with E-state index < -0.39 is 27.1 Å². The van der Waals surface area contributed by atoms with Crippen molar-refractivity contribution in [1.29, 1.82) is 0 Å². The number of carbonyl (C=O) groups excluding carboxylic acids is 1. The van der Waals surface area contributed by atoms with Crippen molar-refractivity contribution in [3.63, 3.8) is 0 Å². The summed E-state index contributed by atoms with van der Waals surface area (Å²) in [6.45, 7) is 4.85. The number of fused-ring (bicyclic) bond motifs is 8. The van der Waals surface area contributed by atoms with Gasteiger partial charge in [-0.3, -0.25) is 4.79 Å². The molecule has 6 nitrogen and oxygen atoms in total. The van der Waals surface area contributed by atoms with Gasteiger partial charge in [-0.2, -0.15) is 4.31 Å². The largest absolute Gasteiger partial charge is 0.393 e. The van der Waals surface area contributed by atoms with Gasteiger partial charge in [0.1, 0.15) is 0 Å². The standard InChI is InChI=1S/C47H59NO5S/c1-32-8-7-20-45(2)43(19-21-47(45,51)31-48(54(3,52)53)30-46-27-34-22-35(28-46)24-36(23-34)29-46)41-18-12-33(25-40(49)17-11-32)26-42(41)44(50)39-15-13-38(14-16-39)37-9-5-4-6-10-37/h4-6,8-10,12-16,18,26,34-36,40,43,49,51H,7,11,17,19-25,27-31H2,1-3H3/t34?,35?,36?,40-,43-,45-,46?,47+/m0/s1. The number of ketones is 1. The van der Waals surface area contributed by atoms with E-state index in [1.807, 2.05) is 48.5 Å².